The van der Waals surface area contributed by atoms with Crippen LogP contribution in [-0.2, 0) is 0 Å². The van der Waals surface area contributed by atoms with Gasteiger partial charge in [0.2, 0.25) is 5.89 Å². The van der Waals surface area contributed by atoms with Crippen molar-refractivity contribution in [3.05, 3.63) is 77.1 Å². The molecule has 0 saturated carbocycles. The summed E-state index contributed by atoms with van der Waals surface area (Å²) in [5, 5.41) is 12.5. The van der Waals surface area contributed by atoms with Gasteiger partial charge in [-0.25, -0.2) is 9.97 Å². The number of rotatable bonds is 5. The molecule has 0 spiro atoms. The summed E-state index contributed by atoms with van der Waals surface area (Å²) in [5.41, 5.74) is 11.3. The van der Waals surface area contributed by atoms with Crippen LogP contribution in [0, 0.1) is 0 Å². The highest BCUT2D eigenvalue weighted by atomic mass is 32.1. The first-order chi connectivity index (χ1) is 16.5. The van der Waals surface area contributed by atoms with Gasteiger partial charge in [0.25, 0.3) is 11.8 Å². The van der Waals surface area contributed by atoms with Crippen molar-refractivity contribution in [1.82, 2.24) is 25.1 Å². The van der Waals surface area contributed by atoms with Gasteiger partial charge >= 0.3 is 0 Å². The maximum absolute atomic E-state index is 12.1. The van der Waals surface area contributed by atoms with Crippen LogP contribution >= 0.6 is 11.3 Å². The van der Waals surface area contributed by atoms with Gasteiger partial charge in [0.1, 0.15) is 0 Å². The third-order valence-electron chi connectivity index (χ3n) is 5.25. The molecule has 0 unspecified atom stereocenters. The van der Waals surface area contributed by atoms with Crippen LogP contribution in [0.4, 0.5) is 5.82 Å². The van der Waals surface area contributed by atoms with Crippen LogP contribution in [0.5, 0.6) is 0 Å². The smallest absolute Gasteiger partial charge is 0.270 e. The number of aromatic nitrogens is 4. The summed E-state index contributed by atoms with van der Waals surface area (Å²) in [6, 6.07) is 17.0. The second-order valence-electron chi connectivity index (χ2n) is 7.74. The van der Waals surface area contributed by atoms with E-state index in [1.807, 2.05) is 47.8 Å². The first kappa shape index (κ1) is 21.5. The Balaban J connectivity index is 0.00000180. The molecule has 5 rings (SSSR count). The van der Waals surface area contributed by atoms with Gasteiger partial charge in [-0.1, -0.05) is 30.3 Å². The van der Waals surface area contributed by atoms with E-state index in [1.165, 1.54) is 4.90 Å². The molecule has 0 fully saturated rings. The summed E-state index contributed by atoms with van der Waals surface area (Å²) in [6.07, 6.45) is 1.57. The third kappa shape index (κ3) is 4.04. The van der Waals surface area contributed by atoms with Crippen molar-refractivity contribution in [1.29, 1.82) is 0 Å². The molecule has 0 atom stereocenters. The SMILES string of the molecule is CN(C)C(=O)c1ccc(-c2cnc(N)c(-c3nnc(-c4ccccc4-c4ccsc4)o3)n2)cc1.[HH].[HH]. The molecule has 2 aromatic carbocycles. The van der Waals surface area contributed by atoms with E-state index < -0.39 is 0 Å². The molecule has 5 aromatic rings. The average molecular weight is 473 g/mol. The van der Waals surface area contributed by atoms with Gasteiger partial charge in [-0.3, -0.25) is 4.79 Å². The number of nitrogens with zero attached hydrogens (tertiary/aromatic N) is 5. The minimum atomic E-state index is -0.0725. The van der Waals surface area contributed by atoms with Crippen LogP contribution in [0.15, 0.2) is 76.0 Å². The number of hydrogen-bond acceptors (Lipinski definition) is 8. The number of thiophene rings is 1. The molecule has 0 aliphatic carbocycles. The molecule has 2 N–H and O–H groups in total. The monoisotopic (exact) mass is 472 g/mol. The Morgan fingerprint density at radius 2 is 1.71 bits per heavy atom. The largest absolute Gasteiger partial charge is 0.414 e. The molecule has 0 saturated heterocycles. The summed E-state index contributed by atoms with van der Waals surface area (Å²) in [4.78, 5) is 22.6. The van der Waals surface area contributed by atoms with Crippen molar-refractivity contribution >= 4 is 23.1 Å². The van der Waals surface area contributed by atoms with Crippen LogP contribution in [0.3, 0.4) is 0 Å². The molecule has 8 nitrogen and oxygen atoms in total. The second-order valence-corrected chi connectivity index (χ2v) is 8.52. The highest BCUT2D eigenvalue weighted by molar-refractivity contribution is 7.08. The van der Waals surface area contributed by atoms with E-state index in [1.54, 1.807) is 43.8 Å². The fourth-order valence-corrected chi connectivity index (χ4v) is 4.16. The molecule has 0 aliphatic heterocycles. The van der Waals surface area contributed by atoms with Crippen LogP contribution in [0.25, 0.3) is 45.4 Å². The predicted molar refractivity (Wildman–Crippen MR) is 136 cm³/mol. The molecule has 0 radical (unpaired) electrons. The van der Waals surface area contributed by atoms with E-state index in [-0.39, 0.29) is 20.5 Å². The molecule has 0 aliphatic rings. The van der Waals surface area contributed by atoms with E-state index >= 15 is 0 Å². The molecule has 1 amide bonds. The average Bonchev–Trinajstić information content (AvgIpc) is 3.57. The summed E-state index contributed by atoms with van der Waals surface area (Å²) in [6.45, 7) is 0. The highest BCUT2D eigenvalue weighted by Crippen LogP contribution is 2.34. The number of hydrogen-bond donors (Lipinski definition) is 1. The fourth-order valence-electron chi connectivity index (χ4n) is 3.50. The quantitative estimate of drug-likeness (QED) is 0.366. The van der Waals surface area contributed by atoms with Crippen molar-refractivity contribution in [2.45, 2.75) is 0 Å². The molecule has 9 heteroatoms. The zero-order valence-corrected chi connectivity index (χ0v) is 19.3. The number of anilines is 1. The number of benzene rings is 2. The lowest BCUT2D eigenvalue weighted by atomic mass is 10.0. The van der Waals surface area contributed by atoms with Gasteiger partial charge in [0.05, 0.1) is 11.9 Å². The number of carbonyl (C=O) groups excluding carboxylic acids is 1. The molecule has 0 bridgehead atoms. The lowest BCUT2D eigenvalue weighted by Crippen LogP contribution is -2.21. The van der Waals surface area contributed by atoms with E-state index in [2.05, 4.69) is 25.5 Å². The Morgan fingerprint density at radius 1 is 0.971 bits per heavy atom. The highest BCUT2D eigenvalue weighted by Gasteiger charge is 2.19. The maximum atomic E-state index is 12.1. The number of amides is 1. The van der Waals surface area contributed by atoms with Gasteiger partial charge in [-0.15, -0.1) is 10.2 Å². The topological polar surface area (TPSA) is 111 Å². The molecule has 3 heterocycles. The van der Waals surface area contributed by atoms with Crippen molar-refractivity contribution in [3.63, 3.8) is 0 Å². The first-order valence-corrected chi connectivity index (χ1v) is 11.4. The van der Waals surface area contributed by atoms with E-state index in [9.17, 15) is 4.79 Å². The van der Waals surface area contributed by atoms with Crippen molar-refractivity contribution < 1.29 is 12.1 Å². The zero-order chi connectivity index (χ0) is 23.7. The maximum Gasteiger partial charge on any atom is 0.270 e. The van der Waals surface area contributed by atoms with Crippen molar-refractivity contribution in [2.24, 2.45) is 0 Å². The van der Waals surface area contributed by atoms with Crippen LogP contribution in [0.1, 0.15) is 13.2 Å². The van der Waals surface area contributed by atoms with Crippen molar-refractivity contribution in [3.8, 4) is 45.4 Å². The van der Waals surface area contributed by atoms with Crippen LogP contribution in [0.2, 0.25) is 0 Å². The molecular formula is C25H24N6O2S. The van der Waals surface area contributed by atoms with Crippen LogP contribution in [-0.4, -0.2) is 45.1 Å². The number of carbonyl (C=O) groups is 1. The minimum Gasteiger partial charge on any atom is -0.414 e. The van der Waals surface area contributed by atoms with E-state index in [4.69, 9.17) is 10.2 Å². The third-order valence-corrected chi connectivity index (χ3v) is 5.94. The fraction of sp³-hybridized carbons (Fsp3) is 0.0800. The number of nitrogen functional groups attached to an aromatic ring is 1. The van der Waals surface area contributed by atoms with Gasteiger partial charge < -0.3 is 15.1 Å². The van der Waals surface area contributed by atoms with Gasteiger partial charge in [-0.05, 0) is 46.2 Å². The molecule has 172 valence electrons. The molecule has 3 aromatic heterocycles. The molecule has 34 heavy (non-hydrogen) atoms. The molecular weight excluding hydrogens is 448 g/mol. The van der Waals surface area contributed by atoms with Crippen LogP contribution < -0.4 is 5.73 Å². The lowest BCUT2D eigenvalue weighted by molar-refractivity contribution is 0.0827. The van der Waals surface area contributed by atoms with E-state index in [0.717, 1.165) is 22.3 Å². The summed E-state index contributed by atoms with van der Waals surface area (Å²) >= 11 is 1.62. The predicted octanol–water partition coefficient (Wildman–Crippen LogP) is 5.37. The second kappa shape index (κ2) is 8.87. The standard InChI is InChI=1S/C25H20N6O2S.2H2/c1-31(2)25(32)16-9-7-15(8-10-16)20-13-27-22(26)21(28-20)24-30-29-23(33-24)19-6-4-3-5-18(19)17-11-12-34-14-17;;/h3-14H,1-2H3,(H2,26,27);2*1H. The Bertz CT molecular complexity index is 1470. The normalized spacial score (nSPS) is 10.9. The van der Waals surface area contributed by atoms with Gasteiger partial charge in [0, 0.05) is 33.6 Å². The zero-order valence-electron chi connectivity index (χ0n) is 18.5. The summed E-state index contributed by atoms with van der Waals surface area (Å²) in [5.74, 6) is 0.664. The summed E-state index contributed by atoms with van der Waals surface area (Å²) < 4.78 is 5.99. The Labute approximate surface area is 202 Å². The Kier molecular flexibility index (Phi) is 5.60. The van der Waals surface area contributed by atoms with Crippen molar-refractivity contribution in [2.75, 3.05) is 19.8 Å². The van der Waals surface area contributed by atoms with Gasteiger partial charge in [0.15, 0.2) is 11.5 Å². The first-order valence-electron chi connectivity index (χ1n) is 10.4. The Morgan fingerprint density at radius 3 is 2.41 bits per heavy atom. The van der Waals surface area contributed by atoms with E-state index in [0.29, 0.717) is 22.8 Å². The summed E-state index contributed by atoms with van der Waals surface area (Å²) in [7, 11) is 3.43. The van der Waals surface area contributed by atoms with Gasteiger partial charge in [-0.2, -0.15) is 11.3 Å². The lowest BCUT2D eigenvalue weighted by Gasteiger charge is -2.10. The minimum absolute atomic E-state index is 0. The number of nitrogens with two attached hydrogens (primary N) is 1. The Hall–Kier alpha value is -4.37.